The van der Waals surface area contributed by atoms with E-state index in [1.54, 1.807) is 0 Å². The fourth-order valence-corrected chi connectivity index (χ4v) is 2.42. The molecule has 4 heteroatoms. The van der Waals surface area contributed by atoms with Gasteiger partial charge in [-0.25, -0.2) is 4.79 Å². The molecular weight excluding hydrogens is 228 g/mol. The van der Waals surface area contributed by atoms with Crippen LogP contribution in [0.15, 0.2) is 24.3 Å². The van der Waals surface area contributed by atoms with Crippen LogP contribution in [0.3, 0.4) is 0 Å². The van der Waals surface area contributed by atoms with Gasteiger partial charge in [0.15, 0.2) is 0 Å². The lowest BCUT2D eigenvalue weighted by atomic mass is 10.1. The molecule has 0 spiro atoms. The van der Waals surface area contributed by atoms with Crippen molar-refractivity contribution in [3.05, 3.63) is 29.8 Å². The summed E-state index contributed by atoms with van der Waals surface area (Å²) in [6.07, 6.45) is 2.33. The second-order valence-electron chi connectivity index (χ2n) is 4.49. The Morgan fingerprint density at radius 1 is 1.44 bits per heavy atom. The summed E-state index contributed by atoms with van der Waals surface area (Å²) < 4.78 is 4.96. The smallest absolute Gasteiger partial charge is 0.338 e. The van der Waals surface area contributed by atoms with Crippen molar-refractivity contribution in [3.8, 4) is 0 Å². The molecule has 1 fully saturated rings. The van der Waals surface area contributed by atoms with Gasteiger partial charge in [-0.15, -0.1) is 0 Å². The van der Waals surface area contributed by atoms with Gasteiger partial charge in [0.25, 0.3) is 0 Å². The number of ether oxygens (including phenoxy) is 1. The number of nitrogens with zero attached hydrogens (tertiary/aromatic N) is 1. The van der Waals surface area contributed by atoms with Gasteiger partial charge in [-0.1, -0.05) is 0 Å². The van der Waals surface area contributed by atoms with Crippen molar-refractivity contribution >= 4 is 11.7 Å². The summed E-state index contributed by atoms with van der Waals surface area (Å²) in [7, 11) is 0. The lowest BCUT2D eigenvalue weighted by Gasteiger charge is -2.25. The topological polar surface area (TPSA) is 55.6 Å². The molecule has 2 N–H and O–H groups in total. The van der Waals surface area contributed by atoms with Crippen LogP contribution in [0.25, 0.3) is 0 Å². The molecule has 1 atom stereocenters. The van der Waals surface area contributed by atoms with E-state index in [4.69, 9.17) is 10.5 Å². The molecular formula is C14H20N2O2. The third-order valence-electron chi connectivity index (χ3n) is 3.36. The maximum absolute atomic E-state index is 11.5. The zero-order valence-corrected chi connectivity index (χ0v) is 10.8. The van der Waals surface area contributed by atoms with E-state index in [9.17, 15) is 4.79 Å². The Kier molecular flexibility index (Phi) is 4.20. The maximum atomic E-state index is 11.5. The van der Waals surface area contributed by atoms with E-state index in [2.05, 4.69) is 4.90 Å². The van der Waals surface area contributed by atoms with Crippen molar-refractivity contribution in [2.75, 3.05) is 24.6 Å². The van der Waals surface area contributed by atoms with Gasteiger partial charge in [-0.05, 0) is 44.0 Å². The predicted molar refractivity (Wildman–Crippen MR) is 71.8 cm³/mol. The van der Waals surface area contributed by atoms with Gasteiger partial charge in [-0.3, -0.25) is 0 Å². The Balaban J connectivity index is 2.10. The molecule has 18 heavy (non-hydrogen) atoms. The summed E-state index contributed by atoms with van der Waals surface area (Å²) in [5, 5.41) is 0. The highest BCUT2D eigenvalue weighted by Gasteiger charge is 2.23. The highest BCUT2D eigenvalue weighted by molar-refractivity contribution is 5.89. The number of anilines is 1. The van der Waals surface area contributed by atoms with E-state index >= 15 is 0 Å². The van der Waals surface area contributed by atoms with Crippen molar-refractivity contribution in [1.82, 2.24) is 0 Å². The van der Waals surface area contributed by atoms with Crippen molar-refractivity contribution in [1.29, 1.82) is 0 Å². The van der Waals surface area contributed by atoms with Gasteiger partial charge in [0, 0.05) is 24.8 Å². The molecule has 0 aromatic heterocycles. The Morgan fingerprint density at radius 3 is 2.78 bits per heavy atom. The predicted octanol–water partition coefficient (Wildman–Crippen LogP) is 1.79. The minimum atomic E-state index is -0.263. The Labute approximate surface area is 108 Å². The molecule has 0 bridgehead atoms. The van der Waals surface area contributed by atoms with Gasteiger partial charge in [0.1, 0.15) is 0 Å². The van der Waals surface area contributed by atoms with Crippen molar-refractivity contribution in [2.45, 2.75) is 25.8 Å². The number of benzene rings is 1. The third kappa shape index (κ3) is 2.64. The van der Waals surface area contributed by atoms with Crippen LogP contribution in [0.4, 0.5) is 5.69 Å². The largest absolute Gasteiger partial charge is 0.462 e. The molecule has 4 nitrogen and oxygen atoms in total. The Hall–Kier alpha value is -1.55. The fraction of sp³-hybridized carbons (Fsp3) is 0.500. The average Bonchev–Trinajstić information content (AvgIpc) is 2.87. The van der Waals surface area contributed by atoms with Crippen LogP contribution in [-0.4, -0.2) is 31.7 Å². The first-order valence-corrected chi connectivity index (χ1v) is 6.50. The summed E-state index contributed by atoms with van der Waals surface area (Å²) in [4.78, 5) is 13.9. The van der Waals surface area contributed by atoms with E-state index in [1.807, 2.05) is 31.2 Å². The molecule has 1 saturated heterocycles. The number of nitrogens with two attached hydrogens (primary N) is 1. The number of esters is 1. The van der Waals surface area contributed by atoms with Crippen LogP contribution in [0, 0.1) is 0 Å². The highest BCUT2D eigenvalue weighted by Crippen LogP contribution is 2.25. The first-order chi connectivity index (χ1) is 8.76. The molecule has 1 aliphatic heterocycles. The standard InChI is InChI=1S/C14H20N2O2/c1-2-18-14(17)11-5-7-12(8-6-11)16-9-3-4-13(16)10-15/h5-8,13H,2-4,9-10,15H2,1H3. The average molecular weight is 248 g/mol. The van der Waals surface area contributed by atoms with E-state index in [0.717, 1.165) is 18.7 Å². The van der Waals surface area contributed by atoms with Gasteiger partial charge >= 0.3 is 5.97 Å². The lowest BCUT2D eigenvalue weighted by molar-refractivity contribution is 0.0526. The van der Waals surface area contributed by atoms with Gasteiger partial charge in [0.2, 0.25) is 0 Å². The number of rotatable bonds is 4. The summed E-state index contributed by atoms with van der Waals surface area (Å²) >= 11 is 0. The Morgan fingerprint density at radius 2 is 2.17 bits per heavy atom. The van der Waals surface area contributed by atoms with Crippen LogP contribution in [0.5, 0.6) is 0 Å². The number of hydrogen-bond acceptors (Lipinski definition) is 4. The molecule has 0 radical (unpaired) electrons. The monoisotopic (exact) mass is 248 g/mol. The van der Waals surface area contributed by atoms with Crippen molar-refractivity contribution in [3.63, 3.8) is 0 Å². The molecule has 0 amide bonds. The second-order valence-corrected chi connectivity index (χ2v) is 4.49. The van der Waals surface area contributed by atoms with Crippen LogP contribution < -0.4 is 10.6 Å². The van der Waals surface area contributed by atoms with Gasteiger partial charge in [-0.2, -0.15) is 0 Å². The second kappa shape index (κ2) is 5.87. The molecule has 1 aromatic rings. The van der Waals surface area contributed by atoms with E-state index in [1.165, 1.54) is 6.42 Å². The van der Waals surface area contributed by atoms with Gasteiger partial charge < -0.3 is 15.4 Å². The van der Waals surface area contributed by atoms with Crippen LogP contribution in [0.2, 0.25) is 0 Å². The first-order valence-electron chi connectivity index (χ1n) is 6.50. The minimum absolute atomic E-state index is 0.263. The SMILES string of the molecule is CCOC(=O)c1ccc(N2CCCC2CN)cc1. The molecule has 1 aromatic carbocycles. The van der Waals surface area contributed by atoms with Gasteiger partial charge in [0.05, 0.1) is 12.2 Å². The van der Waals surface area contributed by atoms with Crippen LogP contribution in [-0.2, 0) is 4.74 Å². The molecule has 0 saturated carbocycles. The fourth-order valence-electron chi connectivity index (χ4n) is 2.42. The third-order valence-corrected chi connectivity index (χ3v) is 3.36. The first kappa shape index (κ1) is 12.9. The summed E-state index contributed by atoms with van der Waals surface area (Å²) in [6, 6.07) is 8.01. The minimum Gasteiger partial charge on any atom is -0.462 e. The number of hydrogen-bond donors (Lipinski definition) is 1. The summed E-state index contributed by atoms with van der Waals surface area (Å²) in [5.74, 6) is -0.263. The maximum Gasteiger partial charge on any atom is 0.338 e. The molecule has 1 aliphatic rings. The molecule has 1 unspecified atom stereocenters. The molecule has 0 aliphatic carbocycles. The van der Waals surface area contributed by atoms with Crippen LogP contribution in [0.1, 0.15) is 30.1 Å². The molecule has 2 rings (SSSR count). The molecule has 98 valence electrons. The summed E-state index contributed by atoms with van der Waals surface area (Å²) in [6.45, 7) is 3.94. The normalized spacial score (nSPS) is 19.0. The molecule has 1 heterocycles. The van der Waals surface area contributed by atoms with E-state index in [0.29, 0.717) is 24.8 Å². The number of carbonyl (C=O) groups is 1. The van der Waals surface area contributed by atoms with E-state index < -0.39 is 0 Å². The zero-order valence-electron chi connectivity index (χ0n) is 10.8. The number of carbonyl (C=O) groups excluding carboxylic acids is 1. The van der Waals surface area contributed by atoms with Crippen molar-refractivity contribution < 1.29 is 9.53 Å². The van der Waals surface area contributed by atoms with E-state index in [-0.39, 0.29) is 5.97 Å². The lowest BCUT2D eigenvalue weighted by Crippen LogP contribution is -2.35. The Bertz CT molecular complexity index is 403. The zero-order chi connectivity index (χ0) is 13.0. The highest BCUT2D eigenvalue weighted by atomic mass is 16.5. The quantitative estimate of drug-likeness (QED) is 0.825. The van der Waals surface area contributed by atoms with Crippen molar-refractivity contribution in [2.24, 2.45) is 5.73 Å². The summed E-state index contributed by atoms with van der Waals surface area (Å²) in [5.41, 5.74) is 7.50. The van der Waals surface area contributed by atoms with Crippen LogP contribution >= 0.6 is 0 Å².